The van der Waals surface area contributed by atoms with E-state index in [1.54, 1.807) is 11.0 Å². The number of esters is 2. The van der Waals surface area contributed by atoms with Crippen LogP contribution in [0.4, 0.5) is 5.69 Å². The van der Waals surface area contributed by atoms with Crippen LogP contribution in [-0.2, 0) is 28.9 Å². The topological polar surface area (TPSA) is 95.3 Å². The summed E-state index contributed by atoms with van der Waals surface area (Å²) in [6, 6.07) is 8.44. The third-order valence-electron chi connectivity index (χ3n) is 6.09. The number of fused-ring (bicyclic) bond motifs is 5. The van der Waals surface area contributed by atoms with Gasteiger partial charge in [-0.3, -0.25) is 0 Å². The van der Waals surface area contributed by atoms with Crippen molar-refractivity contribution < 1.29 is 28.2 Å². The molecule has 1 aromatic heterocycles. The first-order valence-corrected chi connectivity index (χ1v) is 10.3. The van der Waals surface area contributed by atoms with Gasteiger partial charge in [-0.15, -0.1) is 0 Å². The fourth-order valence-electron chi connectivity index (χ4n) is 4.53. The molecule has 0 atom stereocenters. The first-order valence-electron chi connectivity index (χ1n) is 10.3. The molecule has 0 N–H and O–H groups in total. The smallest absolute Gasteiger partial charge is 0.339 e. The summed E-state index contributed by atoms with van der Waals surface area (Å²) in [6.45, 7) is 0.464. The molecule has 2 aromatic carbocycles. The number of benzene rings is 2. The maximum atomic E-state index is 12.6. The summed E-state index contributed by atoms with van der Waals surface area (Å²) in [5.41, 5.74) is 3.76. The van der Waals surface area contributed by atoms with E-state index in [1.165, 1.54) is 26.4 Å². The minimum atomic E-state index is -0.538. The zero-order valence-electron chi connectivity index (χ0n) is 17.7. The highest BCUT2D eigenvalue weighted by Crippen LogP contribution is 2.38. The number of ether oxygens (including phenoxy) is 3. The van der Waals surface area contributed by atoms with Crippen LogP contribution in [0, 0.1) is 0 Å². The maximum absolute atomic E-state index is 12.6. The lowest BCUT2D eigenvalue weighted by Gasteiger charge is -2.32. The van der Waals surface area contributed by atoms with Crippen LogP contribution in [0.2, 0.25) is 0 Å². The first kappa shape index (κ1) is 20.1. The average Bonchev–Trinajstić information content (AvgIpc) is 3.33. The third-order valence-corrected chi connectivity index (χ3v) is 6.09. The molecule has 1 aliphatic carbocycles. The minimum Gasteiger partial charge on any atom is -0.473 e. The predicted octanol–water partition coefficient (Wildman–Crippen LogP) is 3.21. The van der Waals surface area contributed by atoms with E-state index in [9.17, 15) is 14.4 Å². The molecule has 0 radical (unpaired) electrons. The van der Waals surface area contributed by atoms with Gasteiger partial charge in [-0.1, -0.05) is 0 Å². The Kier molecular flexibility index (Phi) is 4.84. The summed E-state index contributed by atoms with van der Waals surface area (Å²) in [4.78, 5) is 38.8. The molecule has 0 bridgehead atoms. The van der Waals surface area contributed by atoms with E-state index in [0.29, 0.717) is 29.1 Å². The number of rotatable bonds is 3. The first-order chi connectivity index (χ1) is 15.5. The van der Waals surface area contributed by atoms with E-state index in [0.717, 1.165) is 41.3 Å². The molecule has 0 spiro atoms. The number of methoxy groups -OCH3 is 2. The van der Waals surface area contributed by atoms with Crippen molar-refractivity contribution in [3.63, 3.8) is 0 Å². The van der Waals surface area contributed by atoms with Gasteiger partial charge in [0.05, 0.1) is 43.1 Å². The number of hydrogen-bond acceptors (Lipinski definition) is 8. The Hall–Kier alpha value is -3.81. The quantitative estimate of drug-likeness (QED) is 0.457. The van der Waals surface area contributed by atoms with E-state index in [2.05, 4.69) is 0 Å². The van der Waals surface area contributed by atoms with Crippen LogP contribution in [0.1, 0.15) is 43.8 Å². The molecule has 2 heterocycles. The van der Waals surface area contributed by atoms with Crippen LogP contribution in [0.15, 0.2) is 39.5 Å². The lowest BCUT2D eigenvalue weighted by atomic mass is 10.0. The molecule has 0 saturated heterocycles. The molecule has 0 fully saturated rings. The minimum absolute atomic E-state index is 0.141. The molecule has 0 unspecified atom stereocenters. The van der Waals surface area contributed by atoms with Gasteiger partial charge in [-0.25, -0.2) is 14.4 Å². The summed E-state index contributed by atoms with van der Waals surface area (Å²) >= 11 is 0. The van der Waals surface area contributed by atoms with Crippen molar-refractivity contribution in [1.29, 1.82) is 0 Å². The van der Waals surface area contributed by atoms with Gasteiger partial charge in [0.1, 0.15) is 11.3 Å². The van der Waals surface area contributed by atoms with Crippen molar-refractivity contribution in [3.05, 3.63) is 68.6 Å². The Labute approximate surface area is 183 Å². The van der Waals surface area contributed by atoms with E-state index >= 15 is 0 Å². The van der Waals surface area contributed by atoms with Crippen molar-refractivity contribution in [2.24, 2.45) is 0 Å². The summed E-state index contributed by atoms with van der Waals surface area (Å²) in [5, 5.41) is 0.915. The van der Waals surface area contributed by atoms with Gasteiger partial charge in [0, 0.05) is 10.9 Å². The standard InChI is InChI=1S/C24H21NO7/c1-29-22(26)13-6-7-17(23(27)30-2)19(10-13)25-11-18-20(31-12-25)9-8-15-14-4-3-5-16(14)24(28)32-21(15)18/h6-10H,3-5,11-12H2,1-2H3. The molecular weight excluding hydrogens is 414 g/mol. The number of hydrogen-bond donors (Lipinski definition) is 0. The monoisotopic (exact) mass is 435 g/mol. The van der Waals surface area contributed by atoms with Gasteiger partial charge in [-0.2, -0.15) is 0 Å². The highest BCUT2D eigenvalue weighted by Gasteiger charge is 2.28. The number of carbonyl (C=O) groups excluding carboxylic acids is 2. The predicted molar refractivity (Wildman–Crippen MR) is 115 cm³/mol. The second-order valence-electron chi connectivity index (χ2n) is 7.81. The van der Waals surface area contributed by atoms with Gasteiger partial charge in [0.15, 0.2) is 6.73 Å². The molecular formula is C24H21NO7. The van der Waals surface area contributed by atoms with E-state index < -0.39 is 11.9 Å². The normalized spacial score (nSPS) is 14.5. The molecule has 1 aliphatic heterocycles. The Morgan fingerprint density at radius 2 is 1.75 bits per heavy atom. The molecule has 5 rings (SSSR count). The fraction of sp³-hybridized carbons (Fsp3) is 0.292. The molecule has 8 heteroatoms. The summed E-state index contributed by atoms with van der Waals surface area (Å²) < 4.78 is 21.4. The Bertz CT molecular complexity index is 1320. The Balaban J connectivity index is 1.63. The van der Waals surface area contributed by atoms with Crippen LogP contribution in [0.5, 0.6) is 5.75 Å². The van der Waals surface area contributed by atoms with Gasteiger partial charge in [-0.05, 0) is 55.2 Å². The Morgan fingerprint density at radius 3 is 2.53 bits per heavy atom. The van der Waals surface area contributed by atoms with Gasteiger partial charge in [0.2, 0.25) is 0 Å². The zero-order valence-corrected chi connectivity index (χ0v) is 17.7. The molecule has 0 saturated carbocycles. The van der Waals surface area contributed by atoms with E-state index in [-0.39, 0.29) is 17.9 Å². The fourth-order valence-corrected chi connectivity index (χ4v) is 4.53. The number of anilines is 1. The summed E-state index contributed by atoms with van der Waals surface area (Å²) in [5.74, 6) is -0.434. The van der Waals surface area contributed by atoms with Crippen LogP contribution in [0.3, 0.4) is 0 Å². The number of aryl methyl sites for hydroxylation is 1. The van der Waals surface area contributed by atoms with Crippen LogP contribution in [0.25, 0.3) is 11.0 Å². The van der Waals surface area contributed by atoms with E-state index in [1.807, 2.05) is 12.1 Å². The highest BCUT2D eigenvalue weighted by molar-refractivity contribution is 5.99. The second-order valence-corrected chi connectivity index (χ2v) is 7.81. The summed E-state index contributed by atoms with van der Waals surface area (Å²) in [7, 11) is 2.59. The number of carbonyl (C=O) groups is 2. The SMILES string of the molecule is COC(=O)c1ccc(C(=O)OC)c(N2COc3ccc4c5c(c(=O)oc4c3C2)CCC5)c1. The lowest BCUT2D eigenvalue weighted by molar-refractivity contribution is 0.0587. The largest absolute Gasteiger partial charge is 0.473 e. The zero-order chi connectivity index (χ0) is 22.4. The van der Waals surface area contributed by atoms with Crippen molar-refractivity contribution >= 4 is 28.6 Å². The lowest BCUT2D eigenvalue weighted by Crippen LogP contribution is -2.33. The average molecular weight is 435 g/mol. The van der Waals surface area contributed by atoms with Crippen molar-refractivity contribution in [2.75, 3.05) is 25.9 Å². The van der Waals surface area contributed by atoms with Gasteiger partial charge in [0.25, 0.3) is 0 Å². The second kappa shape index (κ2) is 7.71. The molecule has 32 heavy (non-hydrogen) atoms. The van der Waals surface area contributed by atoms with Crippen LogP contribution >= 0.6 is 0 Å². The van der Waals surface area contributed by atoms with Crippen LogP contribution < -0.4 is 15.3 Å². The molecule has 2 aliphatic rings. The molecule has 0 amide bonds. The van der Waals surface area contributed by atoms with Crippen molar-refractivity contribution in [3.8, 4) is 5.75 Å². The molecule has 164 valence electrons. The third kappa shape index (κ3) is 3.10. The molecule has 8 nitrogen and oxygen atoms in total. The highest BCUT2D eigenvalue weighted by atomic mass is 16.5. The van der Waals surface area contributed by atoms with Crippen molar-refractivity contribution in [1.82, 2.24) is 0 Å². The van der Waals surface area contributed by atoms with Crippen molar-refractivity contribution in [2.45, 2.75) is 25.8 Å². The number of nitrogens with zero attached hydrogens (tertiary/aromatic N) is 1. The molecule has 3 aromatic rings. The van der Waals surface area contributed by atoms with Crippen LogP contribution in [-0.4, -0.2) is 32.9 Å². The van der Waals surface area contributed by atoms with Gasteiger partial charge >= 0.3 is 17.6 Å². The Morgan fingerprint density at radius 1 is 0.969 bits per heavy atom. The van der Waals surface area contributed by atoms with Gasteiger partial charge < -0.3 is 23.5 Å². The maximum Gasteiger partial charge on any atom is 0.339 e. The van der Waals surface area contributed by atoms with E-state index in [4.69, 9.17) is 18.6 Å². The summed E-state index contributed by atoms with van der Waals surface area (Å²) in [6.07, 6.45) is 2.51.